The molecule has 5 nitrogen and oxygen atoms in total. The Morgan fingerprint density at radius 1 is 1.33 bits per heavy atom. The molecule has 4 rings (SSSR count). The molecule has 4 atom stereocenters. The number of nitrogens with two attached hydrogens (primary N) is 1. The number of benzene rings is 1. The Hall–Kier alpha value is -1.30. The predicted molar refractivity (Wildman–Crippen MR) is 125 cm³/mol. The maximum atomic E-state index is 11.6. The van der Waals surface area contributed by atoms with Crippen LogP contribution in [0.2, 0.25) is 0 Å². The SMILES string of the molecule is COC(=O)CCc1ccc2c(c1)[C@@H]1OC[C@]3(CCC[NH2+]C3)C[C@H]1[C@@](C)(CCCC(C)C)O2.[Cl-]. The Morgan fingerprint density at radius 3 is 2.85 bits per heavy atom. The molecule has 0 amide bonds. The van der Waals surface area contributed by atoms with Crippen molar-refractivity contribution in [2.45, 2.75) is 83.8 Å². The Balaban J connectivity index is 0.00000306. The van der Waals surface area contributed by atoms with Gasteiger partial charge >= 0.3 is 5.97 Å². The van der Waals surface area contributed by atoms with E-state index < -0.39 is 0 Å². The fourth-order valence-corrected chi connectivity index (χ4v) is 6.15. The highest BCUT2D eigenvalue weighted by atomic mass is 35.5. The zero-order chi connectivity index (χ0) is 22.8. The van der Waals surface area contributed by atoms with Gasteiger partial charge in [0.15, 0.2) is 0 Å². The molecule has 1 aromatic carbocycles. The number of carbonyl (C=O) groups is 1. The van der Waals surface area contributed by atoms with Crippen LogP contribution in [0.5, 0.6) is 5.75 Å². The monoisotopic (exact) mass is 479 g/mol. The molecular formula is C27H42ClNO4. The van der Waals surface area contributed by atoms with Gasteiger partial charge in [0.2, 0.25) is 0 Å². The summed E-state index contributed by atoms with van der Waals surface area (Å²) in [6.07, 6.45) is 8.36. The van der Waals surface area contributed by atoms with Crippen LogP contribution in [-0.2, 0) is 20.7 Å². The molecule has 0 aromatic heterocycles. The molecule has 3 aliphatic heterocycles. The van der Waals surface area contributed by atoms with Gasteiger partial charge in [-0.2, -0.15) is 0 Å². The normalized spacial score (nSPS) is 30.7. The Labute approximate surface area is 205 Å². The molecule has 0 aliphatic carbocycles. The fourth-order valence-electron chi connectivity index (χ4n) is 6.15. The number of methoxy groups -OCH3 is 1. The number of fused-ring (bicyclic) bond motifs is 3. The van der Waals surface area contributed by atoms with Gasteiger partial charge in [-0.1, -0.05) is 26.3 Å². The standard InChI is InChI=1S/C27H41NO4.ClH/c1-19(2)7-5-12-26(3)22-16-27(13-6-14-28-17-27)18-31-25(22)21-15-20(8-10-23(21)32-26)9-11-24(29)30-4;/h8,10,15,19,22,25,28H,5-7,9,11-14,16-18H2,1-4H3;1H/t22-,25+,26-,27-;/m1./s1. The molecule has 0 radical (unpaired) electrons. The lowest BCUT2D eigenvalue weighted by Gasteiger charge is -2.54. The molecule has 186 valence electrons. The number of ether oxygens (including phenoxy) is 3. The smallest absolute Gasteiger partial charge is 0.305 e. The summed E-state index contributed by atoms with van der Waals surface area (Å²) in [6.45, 7) is 10.2. The van der Waals surface area contributed by atoms with Gasteiger partial charge < -0.3 is 31.9 Å². The first-order valence-corrected chi connectivity index (χ1v) is 12.7. The minimum absolute atomic E-state index is 0. The number of hydrogen-bond acceptors (Lipinski definition) is 4. The molecule has 1 spiro atoms. The molecule has 0 unspecified atom stereocenters. The third-order valence-corrected chi connectivity index (χ3v) is 8.09. The number of esters is 1. The number of hydrogen-bond donors (Lipinski definition) is 1. The van der Waals surface area contributed by atoms with Gasteiger partial charge in [0.25, 0.3) is 0 Å². The summed E-state index contributed by atoms with van der Waals surface area (Å²) < 4.78 is 18.4. The van der Waals surface area contributed by atoms with Crippen molar-refractivity contribution in [2.75, 3.05) is 26.8 Å². The van der Waals surface area contributed by atoms with E-state index in [4.69, 9.17) is 14.2 Å². The molecule has 2 saturated heterocycles. The first-order valence-electron chi connectivity index (χ1n) is 12.7. The summed E-state index contributed by atoms with van der Waals surface area (Å²) in [5.74, 6) is 1.87. The van der Waals surface area contributed by atoms with E-state index in [2.05, 4.69) is 44.3 Å². The zero-order valence-corrected chi connectivity index (χ0v) is 21.6. The van der Waals surface area contributed by atoms with Crippen LogP contribution in [0.4, 0.5) is 0 Å². The van der Waals surface area contributed by atoms with E-state index in [0.717, 1.165) is 24.3 Å². The van der Waals surface area contributed by atoms with Crippen LogP contribution in [-0.4, -0.2) is 38.4 Å². The number of halogens is 1. The van der Waals surface area contributed by atoms with Gasteiger partial charge in [0.1, 0.15) is 11.4 Å². The summed E-state index contributed by atoms with van der Waals surface area (Å²) in [5, 5.41) is 2.48. The van der Waals surface area contributed by atoms with Gasteiger partial charge in [0.05, 0.1) is 32.9 Å². The average Bonchev–Trinajstić information content (AvgIpc) is 2.78. The number of quaternary nitrogens is 1. The van der Waals surface area contributed by atoms with Crippen molar-refractivity contribution in [1.82, 2.24) is 0 Å². The molecule has 2 N–H and O–H groups in total. The fraction of sp³-hybridized carbons (Fsp3) is 0.741. The number of aryl methyl sites for hydroxylation is 1. The van der Waals surface area contributed by atoms with E-state index in [1.165, 1.54) is 57.9 Å². The van der Waals surface area contributed by atoms with E-state index in [1.807, 2.05) is 0 Å². The topological polar surface area (TPSA) is 61.4 Å². The number of rotatable bonds is 7. The molecule has 1 aromatic rings. The molecule has 3 aliphatic rings. The van der Waals surface area contributed by atoms with Crippen molar-refractivity contribution in [3.05, 3.63) is 29.3 Å². The largest absolute Gasteiger partial charge is 1.00 e. The quantitative estimate of drug-likeness (QED) is 0.597. The highest BCUT2D eigenvalue weighted by Gasteiger charge is 2.54. The van der Waals surface area contributed by atoms with Crippen LogP contribution in [0.3, 0.4) is 0 Å². The minimum Gasteiger partial charge on any atom is -1.00 e. The molecule has 0 bridgehead atoms. The second-order valence-corrected chi connectivity index (χ2v) is 11.1. The van der Waals surface area contributed by atoms with Crippen molar-refractivity contribution in [3.63, 3.8) is 0 Å². The molecule has 0 saturated carbocycles. The molecular weight excluding hydrogens is 438 g/mol. The van der Waals surface area contributed by atoms with Crippen LogP contribution in [0.1, 0.15) is 82.9 Å². The van der Waals surface area contributed by atoms with Crippen LogP contribution < -0.4 is 22.5 Å². The molecule has 3 heterocycles. The van der Waals surface area contributed by atoms with E-state index in [-0.39, 0.29) is 35.5 Å². The van der Waals surface area contributed by atoms with Crippen molar-refractivity contribution < 1.29 is 36.7 Å². The average molecular weight is 480 g/mol. The van der Waals surface area contributed by atoms with E-state index in [9.17, 15) is 4.79 Å². The molecule has 6 heteroatoms. The lowest BCUT2D eigenvalue weighted by atomic mass is 9.64. The van der Waals surface area contributed by atoms with Gasteiger partial charge in [-0.25, -0.2) is 0 Å². The first kappa shape index (κ1) is 26.3. The highest BCUT2D eigenvalue weighted by molar-refractivity contribution is 5.69. The van der Waals surface area contributed by atoms with Gasteiger partial charge in [0, 0.05) is 23.3 Å². The molecule has 33 heavy (non-hydrogen) atoms. The summed E-state index contributed by atoms with van der Waals surface area (Å²) in [7, 11) is 1.45. The maximum Gasteiger partial charge on any atom is 0.305 e. The van der Waals surface area contributed by atoms with Crippen LogP contribution in [0, 0.1) is 17.3 Å². The Bertz CT molecular complexity index is 807. The number of piperidine rings is 1. The Kier molecular flexibility index (Phi) is 8.74. The van der Waals surface area contributed by atoms with Crippen LogP contribution in [0.25, 0.3) is 0 Å². The van der Waals surface area contributed by atoms with Gasteiger partial charge in [-0.15, -0.1) is 0 Å². The predicted octanol–water partition coefficient (Wildman–Crippen LogP) is 1.19. The second kappa shape index (κ2) is 11.0. The van der Waals surface area contributed by atoms with Crippen molar-refractivity contribution in [1.29, 1.82) is 0 Å². The highest BCUT2D eigenvalue weighted by Crippen LogP contribution is 2.55. The van der Waals surface area contributed by atoms with E-state index in [1.54, 1.807) is 0 Å². The summed E-state index contributed by atoms with van der Waals surface area (Å²) in [5.41, 5.74) is 2.40. The van der Waals surface area contributed by atoms with Crippen molar-refractivity contribution in [2.24, 2.45) is 17.3 Å². The van der Waals surface area contributed by atoms with Gasteiger partial charge in [-0.05, 0) is 69.1 Å². The third kappa shape index (κ3) is 5.86. The van der Waals surface area contributed by atoms with Gasteiger partial charge in [-0.3, -0.25) is 4.79 Å². The summed E-state index contributed by atoms with van der Waals surface area (Å²) >= 11 is 0. The molecule has 2 fully saturated rings. The lowest BCUT2D eigenvalue weighted by Crippen LogP contribution is -3.00. The number of carbonyl (C=O) groups excluding carboxylic acids is 1. The minimum atomic E-state index is -0.203. The van der Waals surface area contributed by atoms with Crippen LogP contribution in [0.15, 0.2) is 18.2 Å². The Morgan fingerprint density at radius 2 is 2.15 bits per heavy atom. The summed E-state index contributed by atoms with van der Waals surface area (Å²) in [6, 6.07) is 6.41. The second-order valence-electron chi connectivity index (χ2n) is 11.1. The third-order valence-electron chi connectivity index (χ3n) is 8.09. The maximum absolute atomic E-state index is 11.6. The van der Waals surface area contributed by atoms with E-state index in [0.29, 0.717) is 24.7 Å². The first-order chi connectivity index (χ1) is 15.3. The zero-order valence-electron chi connectivity index (χ0n) is 20.8. The van der Waals surface area contributed by atoms with Crippen molar-refractivity contribution >= 4 is 5.97 Å². The van der Waals surface area contributed by atoms with Crippen molar-refractivity contribution in [3.8, 4) is 5.75 Å². The lowest BCUT2D eigenvalue weighted by molar-refractivity contribution is -0.678. The summed E-state index contributed by atoms with van der Waals surface area (Å²) in [4.78, 5) is 11.6. The van der Waals surface area contributed by atoms with Crippen LogP contribution >= 0.6 is 0 Å². The van der Waals surface area contributed by atoms with E-state index >= 15 is 0 Å².